The smallest absolute Gasteiger partial charge is 0.254 e. The molecule has 0 saturated heterocycles. The van der Waals surface area contributed by atoms with Gasteiger partial charge in [0.15, 0.2) is 5.82 Å². The Labute approximate surface area is 69.7 Å². The van der Waals surface area contributed by atoms with Crippen molar-refractivity contribution in [2.75, 3.05) is 5.73 Å². The number of carbonyl (C=O) groups is 1. The monoisotopic (exact) mass is 166 g/mol. The number of nitrogen functional groups attached to an aromatic ring is 1. The van der Waals surface area contributed by atoms with Gasteiger partial charge in [-0.1, -0.05) is 6.08 Å². The van der Waals surface area contributed by atoms with Crippen molar-refractivity contribution in [1.82, 2.24) is 9.78 Å². The van der Waals surface area contributed by atoms with Crippen LogP contribution in [-0.2, 0) is 6.54 Å². The van der Waals surface area contributed by atoms with E-state index < -0.39 is 5.91 Å². The third kappa shape index (κ3) is 1.45. The molecule has 1 rings (SSSR count). The van der Waals surface area contributed by atoms with E-state index in [1.165, 1.54) is 10.9 Å². The number of nitrogens with zero attached hydrogens (tertiary/aromatic N) is 2. The number of nitrogens with two attached hydrogens (primary N) is 2. The van der Waals surface area contributed by atoms with Crippen molar-refractivity contribution in [2.45, 2.75) is 6.54 Å². The van der Waals surface area contributed by atoms with Crippen LogP contribution >= 0.6 is 0 Å². The van der Waals surface area contributed by atoms with Gasteiger partial charge in [-0.25, -0.2) is 0 Å². The topological polar surface area (TPSA) is 86.9 Å². The van der Waals surface area contributed by atoms with Gasteiger partial charge in [-0.3, -0.25) is 9.48 Å². The summed E-state index contributed by atoms with van der Waals surface area (Å²) in [6, 6.07) is 0. The van der Waals surface area contributed by atoms with Gasteiger partial charge in [0.05, 0.1) is 6.54 Å². The van der Waals surface area contributed by atoms with E-state index in [1.54, 1.807) is 6.08 Å². The van der Waals surface area contributed by atoms with Gasteiger partial charge in [0.25, 0.3) is 5.91 Å². The summed E-state index contributed by atoms with van der Waals surface area (Å²) in [5.41, 5.74) is 10.7. The van der Waals surface area contributed by atoms with E-state index in [0.29, 0.717) is 6.54 Å². The summed E-state index contributed by atoms with van der Waals surface area (Å²) in [4.78, 5) is 10.7. The van der Waals surface area contributed by atoms with E-state index in [0.717, 1.165) is 0 Å². The van der Waals surface area contributed by atoms with Crippen LogP contribution in [0.4, 0.5) is 5.82 Å². The van der Waals surface area contributed by atoms with Gasteiger partial charge in [-0.2, -0.15) is 5.10 Å². The van der Waals surface area contributed by atoms with Gasteiger partial charge in [0, 0.05) is 6.20 Å². The van der Waals surface area contributed by atoms with Crippen LogP contribution in [0.3, 0.4) is 0 Å². The predicted molar refractivity (Wildman–Crippen MR) is 45.4 cm³/mol. The average Bonchev–Trinajstić information content (AvgIpc) is 2.32. The SMILES string of the molecule is C=CCn1cc(C(N)=O)c(N)n1. The quantitative estimate of drug-likeness (QED) is 0.607. The second kappa shape index (κ2) is 3.08. The van der Waals surface area contributed by atoms with Crippen LogP contribution in [0.15, 0.2) is 18.9 Å². The minimum absolute atomic E-state index is 0.157. The van der Waals surface area contributed by atoms with Crippen molar-refractivity contribution in [3.05, 3.63) is 24.4 Å². The first-order chi connectivity index (χ1) is 5.65. The van der Waals surface area contributed by atoms with E-state index >= 15 is 0 Å². The molecule has 0 aliphatic heterocycles. The maximum Gasteiger partial charge on any atom is 0.254 e. The first-order valence-electron chi connectivity index (χ1n) is 3.38. The number of hydrogen-bond acceptors (Lipinski definition) is 3. The molecule has 5 nitrogen and oxygen atoms in total. The molecule has 12 heavy (non-hydrogen) atoms. The third-order valence-electron chi connectivity index (χ3n) is 1.37. The number of anilines is 1. The van der Waals surface area contributed by atoms with Gasteiger partial charge in [-0.15, -0.1) is 6.58 Å². The minimum atomic E-state index is -0.567. The van der Waals surface area contributed by atoms with E-state index in [-0.39, 0.29) is 11.4 Å². The normalized spacial score (nSPS) is 9.67. The number of amides is 1. The van der Waals surface area contributed by atoms with Crippen molar-refractivity contribution in [1.29, 1.82) is 0 Å². The number of primary amides is 1. The fourth-order valence-corrected chi connectivity index (χ4v) is 0.852. The zero-order chi connectivity index (χ0) is 9.14. The minimum Gasteiger partial charge on any atom is -0.382 e. The van der Waals surface area contributed by atoms with Crippen LogP contribution < -0.4 is 11.5 Å². The van der Waals surface area contributed by atoms with Gasteiger partial charge >= 0.3 is 0 Å². The third-order valence-corrected chi connectivity index (χ3v) is 1.37. The molecule has 0 bridgehead atoms. The lowest BCUT2D eigenvalue weighted by Crippen LogP contribution is -2.11. The number of carbonyl (C=O) groups excluding carboxylic acids is 1. The average molecular weight is 166 g/mol. The summed E-state index contributed by atoms with van der Waals surface area (Å²) in [6.45, 7) is 4.03. The summed E-state index contributed by atoms with van der Waals surface area (Å²) in [5, 5.41) is 3.84. The molecule has 0 radical (unpaired) electrons. The maximum atomic E-state index is 10.7. The van der Waals surface area contributed by atoms with Crippen LogP contribution in [0.2, 0.25) is 0 Å². The molecule has 0 aliphatic carbocycles. The van der Waals surface area contributed by atoms with E-state index in [2.05, 4.69) is 11.7 Å². The fourth-order valence-electron chi connectivity index (χ4n) is 0.852. The molecule has 64 valence electrons. The lowest BCUT2D eigenvalue weighted by Gasteiger charge is -1.90. The summed E-state index contributed by atoms with van der Waals surface area (Å²) in [7, 11) is 0. The molecule has 0 fully saturated rings. The number of hydrogen-bond donors (Lipinski definition) is 2. The largest absolute Gasteiger partial charge is 0.382 e. The zero-order valence-electron chi connectivity index (χ0n) is 6.53. The molecule has 1 aromatic rings. The van der Waals surface area contributed by atoms with Gasteiger partial charge in [-0.05, 0) is 0 Å². The lowest BCUT2D eigenvalue weighted by molar-refractivity contribution is 0.100. The Hall–Kier alpha value is -1.78. The maximum absolute atomic E-state index is 10.7. The fraction of sp³-hybridized carbons (Fsp3) is 0.143. The van der Waals surface area contributed by atoms with Gasteiger partial charge < -0.3 is 11.5 Å². The molecule has 1 heterocycles. The Morgan fingerprint density at radius 3 is 2.92 bits per heavy atom. The zero-order valence-corrected chi connectivity index (χ0v) is 6.53. The molecule has 4 N–H and O–H groups in total. The summed E-state index contributed by atoms with van der Waals surface area (Å²) in [6.07, 6.45) is 3.15. The highest BCUT2D eigenvalue weighted by molar-refractivity contribution is 5.96. The van der Waals surface area contributed by atoms with Crippen molar-refractivity contribution in [3.8, 4) is 0 Å². The van der Waals surface area contributed by atoms with Crippen molar-refractivity contribution >= 4 is 11.7 Å². The molecule has 0 atom stereocenters. The predicted octanol–water partition coefficient (Wildman–Crippen LogP) is -0.250. The number of aromatic nitrogens is 2. The van der Waals surface area contributed by atoms with E-state index in [9.17, 15) is 4.79 Å². The lowest BCUT2D eigenvalue weighted by atomic mass is 10.3. The summed E-state index contributed by atoms with van der Waals surface area (Å²) < 4.78 is 1.50. The van der Waals surface area contributed by atoms with Gasteiger partial charge in [0.2, 0.25) is 0 Å². The van der Waals surface area contributed by atoms with Gasteiger partial charge in [0.1, 0.15) is 5.56 Å². The Bertz CT molecular complexity index is 315. The summed E-state index contributed by atoms with van der Waals surface area (Å²) >= 11 is 0. The molecule has 1 amide bonds. The molecule has 0 saturated carbocycles. The Kier molecular flexibility index (Phi) is 2.14. The second-order valence-electron chi connectivity index (χ2n) is 2.30. The molecular weight excluding hydrogens is 156 g/mol. The van der Waals surface area contributed by atoms with Crippen molar-refractivity contribution in [3.63, 3.8) is 0 Å². The van der Waals surface area contributed by atoms with Crippen LogP contribution in [0.25, 0.3) is 0 Å². The first kappa shape index (κ1) is 8.32. The summed E-state index contributed by atoms with van der Waals surface area (Å²) in [5.74, 6) is -0.410. The molecule has 0 aromatic carbocycles. The van der Waals surface area contributed by atoms with Crippen molar-refractivity contribution in [2.24, 2.45) is 5.73 Å². The Balaban J connectivity index is 2.99. The highest BCUT2D eigenvalue weighted by Gasteiger charge is 2.09. The molecule has 0 spiro atoms. The molecule has 0 unspecified atom stereocenters. The second-order valence-corrected chi connectivity index (χ2v) is 2.30. The van der Waals surface area contributed by atoms with Crippen LogP contribution in [0.1, 0.15) is 10.4 Å². The Morgan fingerprint density at radius 2 is 2.50 bits per heavy atom. The Morgan fingerprint density at radius 1 is 1.83 bits per heavy atom. The first-order valence-corrected chi connectivity index (χ1v) is 3.38. The standard InChI is InChI=1S/C7H10N4O/c1-2-3-11-4-5(7(9)12)6(8)10-11/h2,4H,1,3H2,(H2,8,10)(H2,9,12). The molecular formula is C7H10N4O. The van der Waals surface area contributed by atoms with Crippen LogP contribution in [0.5, 0.6) is 0 Å². The van der Waals surface area contributed by atoms with Crippen LogP contribution in [0, 0.1) is 0 Å². The van der Waals surface area contributed by atoms with E-state index in [4.69, 9.17) is 11.5 Å². The van der Waals surface area contributed by atoms with E-state index in [1.807, 2.05) is 0 Å². The number of allylic oxidation sites excluding steroid dienone is 1. The number of rotatable bonds is 3. The van der Waals surface area contributed by atoms with Crippen molar-refractivity contribution < 1.29 is 4.79 Å². The molecule has 5 heteroatoms. The molecule has 0 aliphatic rings. The highest BCUT2D eigenvalue weighted by Crippen LogP contribution is 2.07. The molecule has 1 aromatic heterocycles. The van der Waals surface area contributed by atoms with Crippen LogP contribution in [-0.4, -0.2) is 15.7 Å². The highest BCUT2D eigenvalue weighted by atomic mass is 16.1.